The van der Waals surface area contributed by atoms with Crippen molar-refractivity contribution in [1.82, 2.24) is 9.78 Å². The number of amides is 1. The Balaban J connectivity index is 1.90. The van der Waals surface area contributed by atoms with E-state index in [4.69, 9.17) is 16.9 Å². The molecule has 0 atom stereocenters. The Morgan fingerprint density at radius 2 is 2.00 bits per heavy atom. The van der Waals surface area contributed by atoms with Crippen LogP contribution in [0.1, 0.15) is 41.4 Å². The van der Waals surface area contributed by atoms with Gasteiger partial charge in [-0.3, -0.25) is 4.79 Å². The van der Waals surface area contributed by atoms with E-state index in [0.29, 0.717) is 22.7 Å². The van der Waals surface area contributed by atoms with Crippen LogP contribution in [0.5, 0.6) is 0 Å². The Morgan fingerprint density at radius 1 is 1.26 bits per heavy atom. The fourth-order valence-corrected chi connectivity index (χ4v) is 3.08. The molecule has 0 unspecified atom stereocenters. The van der Waals surface area contributed by atoms with Crippen molar-refractivity contribution in [2.75, 3.05) is 5.32 Å². The maximum Gasteiger partial charge on any atom is 0.259 e. The molecular formula is C21H19ClN4O. The summed E-state index contributed by atoms with van der Waals surface area (Å²) in [6, 6.07) is 16.7. The molecule has 0 saturated heterocycles. The lowest BCUT2D eigenvalue weighted by molar-refractivity contribution is 0.102. The Labute approximate surface area is 163 Å². The van der Waals surface area contributed by atoms with Crippen LogP contribution in [0, 0.1) is 11.3 Å². The van der Waals surface area contributed by atoms with Gasteiger partial charge < -0.3 is 5.32 Å². The summed E-state index contributed by atoms with van der Waals surface area (Å²) in [5.41, 5.74) is 3.73. The van der Waals surface area contributed by atoms with Gasteiger partial charge in [-0.1, -0.05) is 43.6 Å². The molecule has 0 saturated carbocycles. The van der Waals surface area contributed by atoms with E-state index in [1.54, 1.807) is 29.1 Å². The van der Waals surface area contributed by atoms with Gasteiger partial charge in [0.05, 0.1) is 35.6 Å². The number of aromatic nitrogens is 2. The lowest BCUT2D eigenvalue weighted by Crippen LogP contribution is -2.15. The van der Waals surface area contributed by atoms with Crippen LogP contribution in [0.2, 0.25) is 5.02 Å². The zero-order valence-electron chi connectivity index (χ0n) is 15.1. The Hall–Kier alpha value is -3.10. The number of nitriles is 1. The van der Waals surface area contributed by atoms with Gasteiger partial charge in [0, 0.05) is 10.7 Å². The number of nitrogens with zero attached hydrogens (tertiary/aromatic N) is 3. The third-order valence-corrected chi connectivity index (χ3v) is 4.38. The number of carbonyl (C=O) groups excluding carboxylic acids is 1. The number of rotatable bonds is 5. The van der Waals surface area contributed by atoms with E-state index in [-0.39, 0.29) is 11.8 Å². The third kappa shape index (κ3) is 4.18. The minimum Gasteiger partial charge on any atom is -0.322 e. The van der Waals surface area contributed by atoms with Crippen LogP contribution in [-0.4, -0.2) is 15.7 Å². The van der Waals surface area contributed by atoms with Crippen LogP contribution in [-0.2, 0) is 6.42 Å². The first-order valence-corrected chi connectivity index (χ1v) is 8.98. The van der Waals surface area contributed by atoms with Gasteiger partial charge in [0.1, 0.15) is 0 Å². The van der Waals surface area contributed by atoms with Gasteiger partial charge in [0.15, 0.2) is 0 Å². The SMILES string of the molecule is CC(C)c1c(C(=O)Nc2ccc(CC#N)cc2)cnn1-c1cccc(Cl)c1. The summed E-state index contributed by atoms with van der Waals surface area (Å²) in [5.74, 6) is -0.134. The van der Waals surface area contributed by atoms with Crippen molar-refractivity contribution in [3.8, 4) is 11.8 Å². The van der Waals surface area contributed by atoms with Crippen LogP contribution >= 0.6 is 11.6 Å². The molecule has 0 fully saturated rings. The van der Waals surface area contributed by atoms with Gasteiger partial charge in [-0.15, -0.1) is 0 Å². The van der Waals surface area contributed by atoms with E-state index in [1.807, 2.05) is 44.2 Å². The molecule has 0 aliphatic heterocycles. The van der Waals surface area contributed by atoms with Crippen LogP contribution in [0.15, 0.2) is 54.7 Å². The minimum absolute atomic E-state index is 0.0882. The largest absolute Gasteiger partial charge is 0.322 e. The Morgan fingerprint density at radius 3 is 2.63 bits per heavy atom. The molecule has 3 rings (SSSR count). The van der Waals surface area contributed by atoms with Gasteiger partial charge in [-0.25, -0.2) is 4.68 Å². The zero-order chi connectivity index (χ0) is 19.4. The lowest BCUT2D eigenvalue weighted by Gasteiger charge is -2.13. The summed E-state index contributed by atoms with van der Waals surface area (Å²) in [7, 11) is 0. The topological polar surface area (TPSA) is 70.7 Å². The van der Waals surface area contributed by atoms with E-state index >= 15 is 0 Å². The highest BCUT2D eigenvalue weighted by atomic mass is 35.5. The average Bonchev–Trinajstić information content (AvgIpc) is 3.09. The van der Waals surface area contributed by atoms with Crippen LogP contribution in [0.3, 0.4) is 0 Å². The fraction of sp³-hybridized carbons (Fsp3) is 0.190. The van der Waals surface area contributed by atoms with Crippen molar-refractivity contribution in [3.05, 3.63) is 76.6 Å². The number of anilines is 1. The van der Waals surface area contributed by atoms with E-state index < -0.39 is 0 Å². The number of hydrogen-bond donors (Lipinski definition) is 1. The molecular weight excluding hydrogens is 360 g/mol. The lowest BCUT2D eigenvalue weighted by atomic mass is 10.0. The standard InChI is InChI=1S/C21H19ClN4O/c1-14(2)20-19(13-24-26(20)18-5-3-4-16(22)12-18)21(27)25-17-8-6-15(7-9-17)10-11-23/h3-9,12-14H,10H2,1-2H3,(H,25,27). The first-order valence-electron chi connectivity index (χ1n) is 8.60. The molecule has 136 valence electrons. The first-order chi connectivity index (χ1) is 13.0. The second-order valence-electron chi connectivity index (χ2n) is 6.48. The highest BCUT2D eigenvalue weighted by Gasteiger charge is 2.21. The molecule has 3 aromatic rings. The summed E-state index contributed by atoms with van der Waals surface area (Å²) >= 11 is 6.10. The highest BCUT2D eigenvalue weighted by Crippen LogP contribution is 2.25. The molecule has 0 radical (unpaired) electrons. The summed E-state index contributed by atoms with van der Waals surface area (Å²) in [6.07, 6.45) is 1.92. The maximum absolute atomic E-state index is 12.8. The van der Waals surface area contributed by atoms with Crippen molar-refractivity contribution in [2.24, 2.45) is 0 Å². The van der Waals surface area contributed by atoms with E-state index in [0.717, 1.165) is 16.9 Å². The third-order valence-electron chi connectivity index (χ3n) is 4.15. The van der Waals surface area contributed by atoms with Gasteiger partial charge in [0.2, 0.25) is 0 Å². The number of carbonyl (C=O) groups is 1. The zero-order valence-corrected chi connectivity index (χ0v) is 15.9. The molecule has 0 aliphatic carbocycles. The normalized spacial score (nSPS) is 10.6. The van der Waals surface area contributed by atoms with Crippen molar-refractivity contribution in [2.45, 2.75) is 26.2 Å². The van der Waals surface area contributed by atoms with Crippen LogP contribution in [0.25, 0.3) is 5.69 Å². The van der Waals surface area contributed by atoms with Crippen molar-refractivity contribution < 1.29 is 4.79 Å². The maximum atomic E-state index is 12.8. The Bertz CT molecular complexity index is 1000. The molecule has 5 nitrogen and oxygen atoms in total. The second kappa shape index (κ2) is 8.07. The molecule has 1 heterocycles. The van der Waals surface area contributed by atoms with Gasteiger partial charge in [0.25, 0.3) is 5.91 Å². The van der Waals surface area contributed by atoms with Crippen molar-refractivity contribution in [3.63, 3.8) is 0 Å². The van der Waals surface area contributed by atoms with E-state index in [1.165, 1.54) is 0 Å². The summed E-state index contributed by atoms with van der Waals surface area (Å²) in [6.45, 7) is 4.04. The van der Waals surface area contributed by atoms with Gasteiger partial charge >= 0.3 is 0 Å². The fourth-order valence-electron chi connectivity index (χ4n) is 2.90. The van der Waals surface area contributed by atoms with E-state index in [9.17, 15) is 4.79 Å². The number of halogens is 1. The van der Waals surface area contributed by atoms with Gasteiger partial charge in [-0.05, 0) is 41.8 Å². The molecule has 1 amide bonds. The summed E-state index contributed by atoms with van der Waals surface area (Å²) in [4.78, 5) is 12.8. The predicted octanol–water partition coefficient (Wildman–Crippen LogP) is 4.97. The molecule has 1 aromatic heterocycles. The molecule has 0 spiro atoms. The minimum atomic E-state index is -0.222. The quantitative estimate of drug-likeness (QED) is 0.681. The number of hydrogen-bond acceptors (Lipinski definition) is 3. The smallest absolute Gasteiger partial charge is 0.259 e. The summed E-state index contributed by atoms with van der Waals surface area (Å²) in [5, 5.41) is 16.7. The molecule has 1 N–H and O–H groups in total. The molecule has 6 heteroatoms. The predicted molar refractivity (Wildman–Crippen MR) is 106 cm³/mol. The molecule has 0 bridgehead atoms. The highest BCUT2D eigenvalue weighted by molar-refractivity contribution is 6.30. The average molecular weight is 379 g/mol. The van der Waals surface area contributed by atoms with Crippen molar-refractivity contribution >= 4 is 23.2 Å². The van der Waals surface area contributed by atoms with Gasteiger partial charge in [-0.2, -0.15) is 10.4 Å². The van der Waals surface area contributed by atoms with Crippen LogP contribution < -0.4 is 5.32 Å². The van der Waals surface area contributed by atoms with Crippen molar-refractivity contribution in [1.29, 1.82) is 5.26 Å². The molecule has 2 aromatic carbocycles. The van der Waals surface area contributed by atoms with Crippen LogP contribution in [0.4, 0.5) is 5.69 Å². The summed E-state index contributed by atoms with van der Waals surface area (Å²) < 4.78 is 1.75. The van der Waals surface area contributed by atoms with E-state index in [2.05, 4.69) is 16.5 Å². The second-order valence-corrected chi connectivity index (χ2v) is 6.91. The monoisotopic (exact) mass is 378 g/mol. The number of benzene rings is 2. The molecule has 27 heavy (non-hydrogen) atoms. The number of nitrogens with one attached hydrogen (secondary N) is 1. The Kier molecular flexibility index (Phi) is 5.58. The first kappa shape index (κ1) is 18.7. The molecule has 0 aliphatic rings.